The molecule has 1 amide bonds. The largest absolute Gasteiger partial charge is 0.480 e. The first-order chi connectivity index (χ1) is 13.7. The number of carbonyl (C=O) groups is 2. The first-order valence-electron chi connectivity index (χ1n) is 9.93. The molecule has 4 bridgehead atoms. The molecule has 4 saturated carbocycles. The van der Waals surface area contributed by atoms with Gasteiger partial charge in [0.25, 0.3) is 0 Å². The van der Waals surface area contributed by atoms with Gasteiger partial charge in [-0.2, -0.15) is 8.78 Å². The molecule has 4 aliphatic carbocycles. The van der Waals surface area contributed by atoms with Crippen LogP contribution in [0.2, 0.25) is 0 Å². The van der Waals surface area contributed by atoms with E-state index in [0.717, 1.165) is 32.1 Å². The molecule has 3 atom stereocenters. The molecule has 5 rings (SSSR count). The zero-order valence-corrected chi connectivity index (χ0v) is 16.6. The Morgan fingerprint density at radius 3 is 2.31 bits per heavy atom. The highest BCUT2D eigenvalue weighted by atomic mass is 35.5. The maximum Gasteiger partial charge on any atom is 0.387 e. The SMILES string of the molecule is O=C(O)C(Cc1ccc(OC(F)F)cc1)NC(=O)C12CC3CC(CC(Cl)(C3)C1)C2. The molecular formula is C21H24ClF2NO4. The third kappa shape index (κ3) is 4.20. The van der Waals surface area contributed by atoms with Crippen LogP contribution in [0.1, 0.15) is 44.1 Å². The fraction of sp³-hybridized carbons (Fsp3) is 0.619. The molecule has 4 fully saturated rings. The molecule has 1 aromatic carbocycles. The van der Waals surface area contributed by atoms with Gasteiger partial charge < -0.3 is 15.2 Å². The van der Waals surface area contributed by atoms with E-state index in [1.54, 1.807) is 0 Å². The number of benzene rings is 1. The molecule has 0 heterocycles. The Kier molecular flexibility index (Phi) is 5.21. The first-order valence-corrected chi connectivity index (χ1v) is 10.3. The van der Waals surface area contributed by atoms with Crippen molar-refractivity contribution in [3.63, 3.8) is 0 Å². The quantitative estimate of drug-likeness (QED) is 0.645. The maximum atomic E-state index is 13.2. The van der Waals surface area contributed by atoms with Gasteiger partial charge in [0.05, 0.1) is 5.41 Å². The average molecular weight is 428 g/mol. The van der Waals surface area contributed by atoms with E-state index in [1.165, 1.54) is 24.3 Å². The van der Waals surface area contributed by atoms with E-state index < -0.39 is 24.0 Å². The first kappa shape index (κ1) is 20.4. The fourth-order valence-corrected chi connectivity index (χ4v) is 6.66. The average Bonchev–Trinajstić information content (AvgIpc) is 2.60. The van der Waals surface area contributed by atoms with Crippen LogP contribution in [-0.2, 0) is 16.0 Å². The molecule has 0 spiro atoms. The number of hydrogen-bond donors (Lipinski definition) is 2. The number of ether oxygens (including phenoxy) is 1. The number of carboxylic acid groups (broad SMARTS) is 1. The lowest BCUT2D eigenvalue weighted by atomic mass is 9.49. The summed E-state index contributed by atoms with van der Waals surface area (Å²) in [6, 6.07) is 4.68. The molecule has 0 aromatic heterocycles. The molecule has 0 saturated heterocycles. The number of hydrogen-bond acceptors (Lipinski definition) is 3. The van der Waals surface area contributed by atoms with Gasteiger partial charge in [0.1, 0.15) is 11.8 Å². The molecular weight excluding hydrogens is 404 g/mol. The molecule has 3 unspecified atom stereocenters. The Labute approximate surface area is 172 Å². The molecule has 4 aliphatic rings. The summed E-state index contributed by atoms with van der Waals surface area (Å²) in [5.74, 6) is -0.478. The summed E-state index contributed by atoms with van der Waals surface area (Å²) in [5, 5.41) is 12.4. The second kappa shape index (κ2) is 7.42. The van der Waals surface area contributed by atoms with Crippen LogP contribution < -0.4 is 10.1 Å². The van der Waals surface area contributed by atoms with E-state index in [9.17, 15) is 23.5 Å². The summed E-state index contributed by atoms with van der Waals surface area (Å²) in [6.07, 6.45) is 5.20. The van der Waals surface area contributed by atoms with Crippen molar-refractivity contribution < 1.29 is 28.2 Å². The predicted molar refractivity (Wildman–Crippen MR) is 102 cm³/mol. The van der Waals surface area contributed by atoms with Crippen molar-refractivity contribution in [2.75, 3.05) is 0 Å². The Morgan fingerprint density at radius 1 is 1.17 bits per heavy atom. The molecule has 0 aliphatic heterocycles. The van der Waals surface area contributed by atoms with Crippen LogP contribution in [0.25, 0.3) is 0 Å². The summed E-state index contributed by atoms with van der Waals surface area (Å²) < 4.78 is 28.8. The molecule has 8 heteroatoms. The minimum atomic E-state index is -2.92. The normalized spacial score (nSPS) is 33.5. The van der Waals surface area contributed by atoms with Gasteiger partial charge in [0.2, 0.25) is 5.91 Å². The number of alkyl halides is 3. The second-order valence-corrected chi connectivity index (χ2v) is 9.78. The van der Waals surface area contributed by atoms with Crippen molar-refractivity contribution in [2.45, 2.75) is 62.5 Å². The number of aliphatic carboxylic acids is 1. The fourth-order valence-electron chi connectivity index (χ4n) is 5.97. The van der Waals surface area contributed by atoms with Crippen LogP contribution in [0.3, 0.4) is 0 Å². The zero-order chi connectivity index (χ0) is 20.8. The van der Waals surface area contributed by atoms with Crippen LogP contribution in [0.5, 0.6) is 5.75 Å². The highest BCUT2D eigenvalue weighted by Crippen LogP contribution is 2.63. The Hall–Kier alpha value is -1.89. The standard InChI is InChI=1S/C21H24ClF2NO4/c22-21-9-13-5-14(10-21)8-20(7-13,11-21)18(28)25-16(17(26)27)6-12-1-3-15(4-2-12)29-19(23)24/h1-4,13-14,16,19H,5-11H2,(H,25,28)(H,26,27). The Balaban J connectivity index is 1.45. The van der Waals surface area contributed by atoms with E-state index >= 15 is 0 Å². The third-order valence-electron chi connectivity index (χ3n) is 6.66. The van der Waals surface area contributed by atoms with Crippen molar-refractivity contribution in [1.29, 1.82) is 0 Å². The van der Waals surface area contributed by atoms with Crippen LogP contribution in [-0.4, -0.2) is 34.5 Å². The van der Waals surface area contributed by atoms with E-state index in [1.807, 2.05) is 0 Å². The summed E-state index contributed by atoms with van der Waals surface area (Å²) in [5.41, 5.74) is 0.0349. The van der Waals surface area contributed by atoms with Gasteiger partial charge >= 0.3 is 12.6 Å². The molecule has 158 valence electrons. The highest BCUT2D eigenvalue weighted by molar-refractivity contribution is 6.24. The monoisotopic (exact) mass is 427 g/mol. The maximum absolute atomic E-state index is 13.2. The smallest absolute Gasteiger partial charge is 0.387 e. The summed E-state index contributed by atoms with van der Waals surface area (Å²) in [7, 11) is 0. The van der Waals surface area contributed by atoms with E-state index in [0.29, 0.717) is 23.8 Å². The number of halogens is 3. The van der Waals surface area contributed by atoms with Crippen LogP contribution in [0.15, 0.2) is 24.3 Å². The Bertz CT molecular complexity index is 786. The van der Waals surface area contributed by atoms with Crippen LogP contribution >= 0.6 is 11.6 Å². The van der Waals surface area contributed by atoms with E-state index in [2.05, 4.69) is 10.1 Å². The lowest BCUT2D eigenvalue weighted by molar-refractivity contribution is -0.150. The third-order valence-corrected chi connectivity index (χ3v) is 7.11. The number of rotatable bonds is 7. The molecule has 5 nitrogen and oxygen atoms in total. The van der Waals surface area contributed by atoms with Crippen LogP contribution in [0.4, 0.5) is 8.78 Å². The minimum Gasteiger partial charge on any atom is -0.480 e. The van der Waals surface area contributed by atoms with Crippen molar-refractivity contribution in [2.24, 2.45) is 17.3 Å². The number of nitrogens with one attached hydrogen (secondary N) is 1. The predicted octanol–water partition coefficient (Wildman–Crippen LogP) is 3.98. The summed E-state index contributed by atoms with van der Waals surface area (Å²) in [4.78, 5) is 24.6. The number of amides is 1. The van der Waals surface area contributed by atoms with Gasteiger partial charge in [-0.05, 0) is 68.1 Å². The number of carbonyl (C=O) groups excluding carboxylic acids is 1. The number of carboxylic acids is 1. The van der Waals surface area contributed by atoms with Gasteiger partial charge in [0, 0.05) is 11.3 Å². The lowest BCUT2D eigenvalue weighted by Crippen LogP contribution is -2.60. The second-order valence-electron chi connectivity index (χ2n) is 8.98. The van der Waals surface area contributed by atoms with Gasteiger partial charge in [-0.15, -0.1) is 11.6 Å². The van der Waals surface area contributed by atoms with Crippen molar-refractivity contribution in [1.82, 2.24) is 5.32 Å². The Morgan fingerprint density at radius 2 is 1.79 bits per heavy atom. The van der Waals surface area contributed by atoms with Crippen molar-refractivity contribution in [3.8, 4) is 5.75 Å². The molecule has 2 N–H and O–H groups in total. The van der Waals surface area contributed by atoms with Crippen molar-refractivity contribution in [3.05, 3.63) is 29.8 Å². The molecule has 29 heavy (non-hydrogen) atoms. The summed E-state index contributed by atoms with van der Waals surface area (Å²) >= 11 is 6.78. The van der Waals surface area contributed by atoms with Crippen molar-refractivity contribution >= 4 is 23.5 Å². The van der Waals surface area contributed by atoms with E-state index in [-0.39, 0.29) is 23.0 Å². The van der Waals surface area contributed by atoms with Gasteiger partial charge in [-0.1, -0.05) is 12.1 Å². The van der Waals surface area contributed by atoms with Gasteiger partial charge in [-0.3, -0.25) is 4.79 Å². The molecule has 0 radical (unpaired) electrons. The summed E-state index contributed by atoms with van der Waals surface area (Å²) in [6.45, 7) is -2.92. The van der Waals surface area contributed by atoms with E-state index in [4.69, 9.17) is 11.6 Å². The van der Waals surface area contributed by atoms with Crippen LogP contribution in [0, 0.1) is 17.3 Å². The van der Waals surface area contributed by atoms with Gasteiger partial charge in [0.15, 0.2) is 0 Å². The minimum absolute atomic E-state index is 0.000591. The van der Waals surface area contributed by atoms with Gasteiger partial charge in [-0.25, -0.2) is 4.79 Å². The highest BCUT2D eigenvalue weighted by Gasteiger charge is 2.60. The molecule has 1 aromatic rings. The zero-order valence-electron chi connectivity index (χ0n) is 15.9. The lowest BCUT2D eigenvalue weighted by Gasteiger charge is -2.59. The topological polar surface area (TPSA) is 75.6 Å².